The summed E-state index contributed by atoms with van der Waals surface area (Å²) in [6, 6.07) is 4.97. The molecule has 7 heteroatoms. The van der Waals surface area contributed by atoms with Crippen molar-refractivity contribution in [2.75, 3.05) is 4.72 Å². The van der Waals surface area contributed by atoms with E-state index in [0.29, 0.717) is 14.4 Å². The van der Waals surface area contributed by atoms with Crippen LogP contribution in [-0.4, -0.2) is 13.4 Å². The Morgan fingerprint density at radius 3 is 2.71 bits per heavy atom. The Morgan fingerprint density at radius 2 is 2.12 bits per heavy atom. The summed E-state index contributed by atoms with van der Waals surface area (Å²) >= 11 is 4.48. The van der Waals surface area contributed by atoms with Gasteiger partial charge in [0.25, 0.3) is 10.0 Å². The zero-order valence-corrected chi connectivity index (χ0v) is 12.1. The van der Waals surface area contributed by atoms with Crippen LogP contribution in [0.1, 0.15) is 4.88 Å². The third-order valence-corrected chi connectivity index (χ3v) is 5.49. The number of anilines is 1. The summed E-state index contributed by atoms with van der Waals surface area (Å²) < 4.78 is 27.5. The minimum Gasteiger partial charge on any atom is -0.278 e. The Balaban J connectivity index is 2.33. The topological polar surface area (TPSA) is 59.1 Å². The normalized spacial score (nSPS) is 11.4. The number of nitrogens with one attached hydrogen (secondary N) is 1. The molecule has 0 saturated carbocycles. The van der Waals surface area contributed by atoms with Crippen molar-refractivity contribution in [1.29, 1.82) is 0 Å². The summed E-state index contributed by atoms with van der Waals surface area (Å²) in [6.07, 6.45) is 3.07. The molecule has 1 N–H and O–H groups in total. The molecule has 17 heavy (non-hydrogen) atoms. The predicted octanol–water partition coefficient (Wildman–Crippen LogP) is 3.01. The van der Waals surface area contributed by atoms with E-state index in [4.69, 9.17) is 0 Å². The summed E-state index contributed by atoms with van der Waals surface area (Å²) in [6.45, 7) is 1.87. The molecule has 90 valence electrons. The van der Waals surface area contributed by atoms with Gasteiger partial charge in [-0.3, -0.25) is 9.71 Å². The molecule has 0 bridgehead atoms. The molecule has 0 atom stereocenters. The number of aryl methyl sites for hydroxylation is 1. The quantitative estimate of drug-likeness (QED) is 0.939. The second-order valence-corrected chi connectivity index (χ2v) is 7.38. The van der Waals surface area contributed by atoms with Gasteiger partial charge >= 0.3 is 0 Å². The molecule has 0 fully saturated rings. The maximum absolute atomic E-state index is 12.0. The van der Waals surface area contributed by atoms with E-state index in [2.05, 4.69) is 25.6 Å². The van der Waals surface area contributed by atoms with E-state index in [1.807, 2.05) is 6.92 Å². The van der Waals surface area contributed by atoms with Crippen molar-refractivity contribution >= 4 is 43.0 Å². The Labute approximate surface area is 112 Å². The van der Waals surface area contributed by atoms with E-state index in [9.17, 15) is 8.42 Å². The SMILES string of the molecule is Cc1ccc(S(=O)(=O)Nc2ccncc2Br)s1. The molecule has 0 aromatic carbocycles. The van der Waals surface area contributed by atoms with Crippen LogP contribution in [0.4, 0.5) is 5.69 Å². The molecular formula is C10H9BrN2O2S2. The summed E-state index contributed by atoms with van der Waals surface area (Å²) in [4.78, 5) is 4.83. The molecular weight excluding hydrogens is 324 g/mol. The predicted molar refractivity (Wildman–Crippen MR) is 71.8 cm³/mol. The van der Waals surface area contributed by atoms with Gasteiger partial charge in [0.05, 0.1) is 10.2 Å². The molecule has 0 unspecified atom stereocenters. The van der Waals surface area contributed by atoms with Crippen molar-refractivity contribution in [2.24, 2.45) is 0 Å². The van der Waals surface area contributed by atoms with Crippen LogP contribution in [0.5, 0.6) is 0 Å². The lowest BCUT2D eigenvalue weighted by atomic mass is 10.4. The van der Waals surface area contributed by atoms with Crippen LogP contribution in [0.3, 0.4) is 0 Å². The second-order valence-electron chi connectivity index (χ2n) is 3.33. The third-order valence-electron chi connectivity index (χ3n) is 2.00. The lowest BCUT2D eigenvalue weighted by Gasteiger charge is -2.07. The Morgan fingerprint density at radius 1 is 1.35 bits per heavy atom. The van der Waals surface area contributed by atoms with Gasteiger partial charge in [-0.2, -0.15) is 0 Å². The summed E-state index contributed by atoms with van der Waals surface area (Å²) in [7, 11) is -3.50. The first-order chi connectivity index (χ1) is 7.99. The Hall–Kier alpha value is -0.920. The molecule has 2 heterocycles. The Kier molecular flexibility index (Phi) is 3.50. The van der Waals surface area contributed by atoms with Crippen LogP contribution in [0, 0.1) is 6.92 Å². The number of hydrogen-bond donors (Lipinski definition) is 1. The lowest BCUT2D eigenvalue weighted by Crippen LogP contribution is -2.11. The van der Waals surface area contributed by atoms with E-state index in [1.165, 1.54) is 23.7 Å². The van der Waals surface area contributed by atoms with Gasteiger partial charge in [-0.15, -0.1) is 11.3 Å². The fraction of sp³-hybridized carbons (Fsp3) is 0.100. The van der Waals surface area contributed by atoms with Crippen LogP contribution in [0.25, 0.3) is 0 Å². The number of rotatable bonds is 3. The average Bonchev–Trinajstić information content (AvgIpc) is 2.69. The Bertz CT molecular complexity index is 637. The lowest BCUT2D eigenvalue weighted by molar-refractivity contribution is 0.603. The fourth-order valence-corrected chi connectivity index (χ4v) is 4.05. The molecule has 2 aromatic rings. The molecule has 0 aliphatic heterocycles. The van der Waals surface area contributed by atoms with Gasteiger partial charge < -0.3 is 0 Å². The highest BCUT2D eigenvalue weighted by atomic mass is 79.9. The first-order valence-corrected chi connectivity index (χ1v) is 7.77. The van der Waals surface area contributed by atoms with Gasteiger partial charge in [-0.25, -0.2) is 8.42 Å². The number of aromatic nitrogens is 1. The first-order valence-electron chi connectivity index (χ1n) is 4.68. The number of pyridine rings is 1. The summed E-state index contributed by atoms with van der Waals surface area (Å²) in [5.41, 5.74) is 0.478. The third kappa shape index (κ3) is 2.85. The highest BCUT2D eigenvalue weighted by Crippen LogP contribution is 2.26. The van der Waals surface area contributed by atoms with Crippen molar-refractivity contribution in [3.05, 3.63) is 39.9 Å². The smallest absolute Gasteiger partial charge is 0.271 e. The standard InChI is InChI=1S/C10H9BrN2O2S2/c1-7-2-3-10(16-7)17(14,15)13-9-4-5-12-6-8(9)11/h2-6H,1H3,(H,12,13). The van der Waals surface area contributed by atoms with Gasteiger partial charge in [0.15, 0.2) is 0 Å². The van der Waals surface area contributed by atoms with Gasteiger partial charge in [0, 0.05) is 17.3 Å². The monoisotopic (exact) mass is 332 g/mol. The largest absolute Gasteiger partial charge is 0.278 e. The van der Waals surface area contributed by atoms with Crippen LogP contribution in [0.15, 0.2) is 39.3 Å². The van der Waals surface area contributed by atoms with Crippen molar-refractivity contribution < 1.29 is 8.42 Å². The number of hydrogen-bond acceptors (Lipinski definition) is 4. The van der Waals surface area contributed by atoms with E-state index < -0.39 is 10.0 Å². The number of sulfonamides is 1. The number of halogens is 1. The molecule has 0 saturated heterocycles. The number of nitrogens with zero attached hydrogens (tertiary/aromatic N) is 1. The second kappa shape index (κ2) is 4.75. The maximum Gasteiger partial charge on any atom is 0.271 e. The minimum absolute atomic E-state index is 0.304. The van der Waals surface area contributed by atoms with Crippen LogP contribution in [0.2, 0.25) is 0 Å². The van der Waals surface area contributed by atoms with Crippen molar-refractivity contribution in [3.8, 4) is 0 Å². The zero-order chi connectivity index (χ0) is 12.5. The maximum atomic E-state index is 12.0. The van der Waals surface area contributed by atoms with Gasteiger partial charge in [0.2, 0.25) is 0 Å². The van der Waals surface area contributed by atoms with Crippen molar-refractivity contribution in [3.63, 3.8) is 0 Å². The molecule has 0 aliphatic rings. The number of thiophene rings is 1. The van der Waals surface area contributed by atoms with Crippen LogP contribution < -0.4 is 4.72 Å². The zero-order valence-electron chi connectivity index (χ0n) is 8.84. The molecule has 0 aliphatic carbocycles. The molecule has 0 amide bonds. The van der Waals surface area contributed by atoms with Crippen molar-refractivity contribution in [1.82, 2.24) is 4.98 Å². The van der Waals surface area contributed by atoms with Crippen LogP contribution in [-0.2, 0) is 10.0 Å². The molecule has 0 spiro atoms. The summed E-state index contributed by atoms with van der Waals surface area (Å²) in [5.74, 6) is 0. The molecule has 0 radical (unpaired) electrons. The fourth-order valence-electron chi connectivity index (χ4n) is 1.21. The highest BCUT2D eigenvalue weighted by Gasteiger charge is 2.17. The average molecular weight is 333 g/mol. The van der Waals surface area contributed by atoms with Crippen molar-refractivity contribution in [2.45, 2.75) is 11.1 Å². The van der Waals surface area contributed by atoms with Gasteiger partial charge in [-0.1, -0.05) is 0 Å². The van der Waals surface area contributed by atoms with Gasteiger partial charge in [-0.05, 0) is 41.1 Å². The van der Waals surface area contributed by atoms with E-state index in [1.54, 1.807) is 18.2 Å². The van der Waals surface area contributed by atoms with E-state index >= 15 is 0 Å². The molecule has 4 nitrogen and oxygen atoms in total. The van der Waals surface area contributed by atoms with E-state index in [-0.39, 0.29) is 0 Å². The first kappa shape index (κ1) is 12.5. The van der Waals surface area contributed by atoms with Crippen LogP contribution >= 0.6 is 27.3 Å². The van der Waals surface area contributed by atoms with Gasteiger partial charge in [0.1, 0.15) is 4.21 Å². The van der Waals surface area contributed by atoms with E-state index in [0.717, 1.165) is 4.88 Å². The summed E-state index contributed by atoms with van der Waals surface area (Å²) in [5, 5.41) is 0. The molecule has 2 rings (SSSR count). The highest BCUT2D eigenvalue weighted by molar-refractivity contribution is 9.10. The molecule has 2 aromatic heterocycles. The minimum atomic E-state index is -3.50.